The van der Waals surface area contributed by atoms with Crippen LogP contribution < -0.4 is 15.4 Å². The zero-order valence-corrected chi connectivity index (χ0v) is 15.0. The lowest BCUT2D eigenvalue weighted by atomic mass is 10.1. The molecule has 0 aliphatic carbocycles. The van der Waals surface area contributed by atoms with E-state index < -0.39 is 0 Å². The van der Waals surface area contributed by atoms with Crippen molar-refractivity contribution in [3.8, 4) is 5.75 Å². The van der Waals surface area contributed by atoms with Crippen LogP contribution in [0.2, 0.25) is 0 Å². The average molecular weight is 330 g/mol. The van der Waals surface area contributed by atoms with E-state index in [1.165, 1.54) is 0 Å². The predicted octanol–water partition coefficient (Wildman–Crippen LogP) is 2.86. The highest BCUT2D eigenvalue weighted by molar-refractivity contribution is 5.74. The highest BCUT2D eigenvalue weighted by Gasteiger charge is 2.15. The second-order valence-electron chi connectivity index (χ2n) is 6.16. The third-order valence-electron chi connectivity index (χ3n) is 3.74. The summed E-state index contributed by atoms with van der Waals surface area (Å²) in [6.07, 6.45) is 1.80. The van der Waals surface area contributed by atoms with Crippen molar-refractivity contribution in [3.05, 3.63) is 47.3 Å². The van der Waals surface area contributed by atoms with Gasteiger partial charge in [-0.15, -0.1) is 0 Å². The van der Waals surface area contributed by atoms with E-state index in [1.807, 2.05) is 65.2 Å². The largest absolute Gasteiger partial charge is 0.489 e. The smallest absolute Gasteiger partial charge is 0.315 e. The van der Waals surface area contributed by atoms with Gasteiger partial charge in [0.1, 0.15) is 11.9 Å². The third kappa shape index (κ3) is 5.01. The van der Waals surface area contributed by atoms with E-state index >= 15 is 0 Å². The van der Waals surface area contributed by atoms with Crippen LogP contribution >= 0.6 is 0 Å². The molecule has 2 N–H and O–H groups in total. The molecule has 0 saturated heterocycles. The highest BCUT2D eigenvalue weighted by atomic mass is 16.5. The fourth-order valence-corrected chi connectivity index (χ4v) is 2.57. The molecule has 24 heavy (non-hydrogen) atoms. The maximum absolute atomic E-state index is 12.1. The fraction of sp³-hybridized carbons (Fsp3) is 0.444. The maximum atomic E-state index is 12.1. The van der Waals surface area contributed by atoms with Crippen LogP contribution in [0.1, 0.15) is 36.7 Å². The van der Waals surface area contributed by atoms with Crippen molar-refractivity contribution in [2.45, 2.75) is 39.8 Å². The number of benzene rings is 1. The van der Waals surface area contributed by atoms with E-state index in [2.05, 4.69) is 15.7 Å². The van der Waals surface area contributed by atoms with Gasteiger partial charge in [0.15, 0.2) is 0 Å². The number of rotatable bonds is 6. The van der Waals surface area contributed by atoms with Crippen LogP contribution in [-0.4, -0.2) is 28.5 Å². The Morgan fingerprint density at radius 1 is 1.33 bits per heavy atom. The summed E-state index contributed by atoms with van der Waals surface area (Å²) in [6.45, 7) is 8.25. The number of nitrogens with zero attached hydrogens (tertiary/aromatic N) is 2. The maximum Gasteiger partial charge on any atom is 0.315 e. The first kappa shape index (κ1) is 17.8. The van der Waals surface area contributed by atoms with Gasteiger partial charge in [-0.2, -0.15) is 5.10 Å². The van der Waals surface area contributed by atoms with E-state index in [9.17, 15) is 4.79 Å². The average Bonchev–Trinajstić information content (AvgIpc) is 2.84. The molecule has 0 saturated carbocycles. The Balaban J connectivity index is 1.79. The van der Waals surface area contributed by atoms with Gasteiger partial charge in [-0.1, -0.05) is 12.1 Å². The number of aryl methyl sites for hydroxylation is 3. The van der Waals surface area contributed by atoms with Crippen molar-refractivity contribution >= 4 is 6.03 Å². The molecule has 2 amide bonds. The Bertz CT molecular complexity index is 696. The topological polar surface area (TPSA) is 68.2 Å². The minimum Gasteiger partial charge on any atom is -0.489 e. The van der Waals surface area contributed by atoms with Crippen molar-refractivity contribution < 1.29 is 9.53 Å². The first-order valence-electron chi connectivity index (χ1n) is 8.13. The van der Waals surface area contributed by atoms with Gasteiger partial charge in [-0.05, 0) is 45.4 Å². The highest BCUT2D eigenvalue weighted by Crippen LogP contribution is 2.15. The summed E-state index contributed by atoms with van der Waals surface area (Å²) in [5, 5.41) is 10.1. The lowest BCUT2D eigenvalue weighted by molar-refractivity contribution is 0.206. The summed E-state index contributed by atoms with van der Waals surface area (Å²) in [5.41, 5.74) is 3.07. The monoisotopic (exact) mass is 330 g/mol. The van der Waals surface area contributed by atoms with Crippen LogP contribution in [0.4, 0.5) is 4.79 Å². The molecule has 2 rings (SSSR count). The lowest BCUT2D eigenvalue weighted by Gasteiger charge is -2.18. The zero-order valence-electron chi connectivity index (χ0n) is 15.0. The minimum atomic E-state index is -0.217. The van der Waals surface area contributed by atoms with Crippen molar-refractivity contribution in [3.63, 3.8) is 0 Å². The Morgan fingerprint density at radius 3 is 2.71 bits per heavy atom. The summed E-state index contributed by atoms with van der Waals surface area (Å²) in [6, 6.07) is 7.54. The molecule has 0 radical (unpaired) electrons. The number of hydrogen-bond donors (Lipinski definition) is 2. The molecule has 0 spiro atoms. The van der Waals surface area contributed by atoms with Crippen LogP contribution in [-0.2, 0) is 7.05 Å². The number of carbonyl (C=O) groups is 1. The molecule has 6 nitrogen and oxygen atoms in total. The van der Waals surface area contributed by atoms with Crippen LogP contribution in [0.15, 0.2) is 30.5 Å². The summed E-state index contributed by atoms with van der Waals surface area (Å²) in [5.74, 6) is 0.809. The minimum absolute atomic E-state index is 0.105. The van der Waals surface area contributed by atoms with Crippen LogP contribution in [0.5, 0.6) is 5.75 Å². The van der Waals surface area contributed by atoms with E-state index in [4.69, 9.17) is 4.74 Å². The lowest BCUT2D eigenvalue weighted by Crippen LogP contribution is -2.41. The molecular weight excluding hydrogens is 304 g/mol. The molecule has 0 unspecified atom stereocenters. The Labute approximate surface area is 143 Å². The zero-order chi connectivity index (χ0) is 17.7. The predicted molar refractivity (Wildman–Crippen MR) is 94.2 cm³/mol. The standard InChI is InChI=1S/C18H26N4O2/c1-12-7-6-8-16(9-12)24-13(2)10-19-18(23)20-14(3)17-11-22(5)21-15(17)4/h6-9,11,13-14H,10H2,1-5H3,(H2,19,20,23)/t13-,14-/m1/s1. The molecule has 1 aromatic carbocycles. The number of amides is 2. The molecule has 2 aromatic rings. The van der Waals surface area contributed by atoms with Gasteiger partial charge in [0.05, 0.1) is 18.3 Å². The molecular formula is C18H26N4O2. The van der Waals surface area contributed by atoms with Crippen molar-refractivity contribution in [2.75, 3.05) is 6.54 Å². The molecule has 0 fully saturated rings. The van der Waals surface area contributed by atoms with Gasteiger partial charge in [0.2, 0.25) is 0 Å². The Morgan fingerprint density at radius 2 is 2.08 bits per heavy atom. The second-order valence-corrected chi connectivity index (χ2v) is 6.16. The molecule has 0 aliphatic rings. The van der Waals surface area contributed by atoms with Gasteiger partial charge in [-0.25, -0.2) is 4.79 Å². The van der Waals surface area contributed by atoms with E-state index in [1.54, 1.807) is 4.68 Å². The Kier molecular flexibility index (Phi) is 5.84. The first-order valence-corrected chi connectivity index (χ1v) is 8.13. The van der Waals surface area contributed by atoms with Gasteiger partial charge in [0, 0.05) is 18.8 Å². The SMILES string of the molecule is Cc1cccc(O[C@H](C)CNC(=O)N[C@H](C)c2cn(C)nc2C)c1. The van der Waals surface area contributed by atoms with E-state index in [0.717, 1.165) is 22.6 Å². The molecule has 2 atom stereocenters. The fourth-order valence-electron chi connectivity index (χ4n) is 2.57. The molecule has 0 bridgehead atoms. The number of carbonyl (C=O) groups excluding carboxylic acids is 1. The van der Waals surface area contributed by atoms with Crippen molar-refractivity contribution in [1.29, 1.82) is 0 Å². The van der Waals surface area contributed by atoms with Gasteiger partial charge < -0.3 is 15.4 Å². The van der Waals surface area contributed by atoms with Gasteiger partial charge in [0.25, 0.3) is 0 Å². The summed E-state index contributed by atoms with van der Waals surface area (Å²) < 4.78 is 7.55. The molecule has 0 aliphatic heterocycles. The van der Waals surface area contributed by atoms with Crippen molar-refractivity contribution in [2.24, 2.45) is 7.05 Å². The first-order chi connectivity index (χ1) is 11.3. The van der Waals surface area contributed by atoms with Crippen LogP contribution in [0.3, 0.4) is 0 Å². The summed E-state index contributed by atoms with van der Waals surface area (Å²) in [4.78, 5) is 12.1. The number of aromatic nitrogens is 2. The second kappa shape index (κ2) is 7.86. The number of hydrogen-bond acceptors (Lipinski definition) is 3. The van der Waals surface area contributed by atoms with Crippen LogP contribution in [0, 0.1) is 13.8 Å². The third-order valence-corrected chi connectivity index (χ3v) is 3.74. The van der Waals surface area contributed by atoms with E-state index in [0.29, 0.717) is 6.54 Å². The number of nitrogens with one attached hydrogen (secondary N) is 2. The molecule has 1 aromatic heterocycles. The van der Waals surface area contributed by atoms with E-state index in [-0.39, 0.29) is 18.2 Å². The van der Waals surface area contributed by atoms with Gasteiger partial charge in [-0.3, -0.25) is 4.68 Å². The molecule has 130 valence electrons. The molecule has 1 heterocycles. The number of ether oxygens (including phenoxy) is 1. The van der Waals surface area contributed by atoms with Gasteiger partial charge >= 0.3 is 6.03 Å². The van der Waals surface area contributed by atoms with Crippen LogP contribution in [0.25, 0.3) is 0 Å². The summed E-state index contributed by atoms with van der Waals surface area (Å²) in [7, 11) is 1.87. The number of urea groups is 1. The Hall–Kier alpha value is -2.50. The normalized spacial score (nSPS) is 13.2. The quantitative estimate of drug-likeness (QED) is 0.856. The van der Waals surface area contributed by atoms with Crippen molar-refractivity contribution in [1.82, 2.24) is 20.4 Å². The summed E-state index contributed by atoms with van der Waals surface area (Å²) >= 11 is 0. The molecule has 6 heteroatoms.